The van der Waals surface area contributed by atoms with Crippen LogP contribution in [0.1, 0.15) is 19.8 Å². The molecular weight excluding hydrogens is 122 g/mol. The highest BCUT2D eigenvalue weighted by Gasteiger charge is 2.19. The van der Waals surface area contributed by atoms with Crippen molar-refractivity contribution in [2.75, 3.05) is 14.1 Å². The van der Waals surface area contributed by atoms with Gasteiger partial charge in [-0.2, -0.15) is 0 Å². The summed E-state index contributed by atoms with van der Waals surface area (Å²) in [7, 11) is 4.33. The molecule has 0 N–H and O–H groups in total. The van der Waals surface area contributed by atoms with Crippen LogP contribution in [0.5, 0.6) is 0 Å². The van der Waals surface area contributed by atoms with Crippen molar-refractivity contribution < 1.29 is 0 Å². The Hall–Kier alpha value is -0.300. The summed E-state index contributed by atoms with van der Waals surface area (Å²) >= 11 is 0. The van der Waals surface area contributed by atoms with Crippen LogP contribution < -0.4 is 0 Å². The van der Waals surface area contributed by atoms with Crippen LogP contribution >= 0.6 is 0 Å². The van der Waals surface area contributed by atoms with Crippen molar-refractivity contribution in [3.63, 3.8) is 0 Å². The summed E-state index contributed by atoms with van der Waals surface area (Å²) in [5, 5.41) is 0. The van der Waals surface area contributed by atoms with Gasteiger partial charge in [0.2, 0.25) is 0 Å². The normalized spacial score (nSPS) is 33.2. The summed E-state index contributed by atoms with van der Waals surface area (Å²) in [4.78, 5) is 2.33. The van der Waals surface area contributed by atoms with Gasteiger partial charge in [-0.3, -0.25) is 0 Å². The highest BCUT2D eigenvalue weighted by atomic mass is 15.1. The average Bonchev–Trinajstić information content (AvgIpc) is 1.88. The Morgan fingerprint density at radius 2 is 1.80 bits per heavy atom. The fraction of sp³-hybridized carbons (Fsp3) is 0.778. The van der Waals surface area contributed by atoms with E-state index in [1.54, 1.807) is 0 Å². The standard InChI is InChI=1S/C9H17N/c1-8-6-4-5-7-9(8)10(2)3/h4-5,8-9H,6-7H2,1-3H3/t8-,9-/m0/s1. The number of hydrogen-bond donors (Lipinski definition) is 0. The van der Waals surface area contributed by atoms with Crippen LogP contribution in [0.2, 0.25) is 0 Å². The van der Waals surface area contributed by atoms with E-state index in [2.05, 4.69) is 38.1 Å². The Labute approximate surface area is 63.7 Å². The highest BCUT2D eigenvalue weighted by Crippen LogP contribution is 2.21. The van der Waals surface area contributed by atoms with E-state index in [1.807, 2.05) is 0 Å². The monoisotopic (exact) mass is 139 g/mol. The van der Waals surface area contributed by atoms with Crippen molar-refractivity contribution in [2.45, 2.75) is 25.8 Å². The van der Waals surface area contributed by atoms with Crippen molar-refractivity contribution >= 4 is 0 Å². The molecule has 0 heterocycles. The molecule has 0 fully saturated rings. The maximum absolute atomic E-state index is 2.33. The van der Waals surface area contributed by atoms with Crippen molar-refractivity contribution in [1.29, 1.82) is 0 Å². The molecule has 1 aliphatic rings. The van der Waals surface area contributed by atoms with Gasteiger partial charge in [0.15, 0.2) is 0 Å². The summed E-state index contributed by atoms with van der Waals surface area (Å²) < 4.78 is 0. The van der Waals surface area contributed by atoms with E-state index in [0.717, 1.165) is 12.0 Å². The predicted octanol–water partition coefficient (Wildman–Crippen LogP) is 1.90. The summed E-state index contributed by atoms with van der Waals surface area (Å²) in [5.41, 5.74) is 0. The van der Waals surface area contributed by atoms with Gasteiger partial charge in [-0.15, -0.1) is 0 Å². The molecule has 0 amide bonds. The minimum absolute atomic E-state index is 0.769. The lowest BCUT2D eigenvalue weighted by Gasteiger charge is -2.31. The fourth-order valence-electron chi connectivity index (χ4n) is 1.66. The van der Waals surface area contributed by atoms with Crippen molar-refractivity contribution in [2.24, 2.45) is 5.92 Å². The van der Waals surface area contributed by atoms with Crippen LogP contribution in [0, 0.1) is 5.92 Å². The second-order valence-corrected chi connectivity index (χ2v) is 3.45. The fourth-order valence-corrected chi connectivity index (χ4v) is 1.66. The van der Waals surface area contributed by atoms with Crippen molar-refractivity contribution in [3.05, 3.63) is 12.2 Å². The third-order valence-corrected chi connectivity index (χ3v) is 2.37. The Morgan fingerprint density at radius 3 is 2.20 bits per heavy atom. The Morgan fingerprint density at radius 1 is 1.20 bits per heavy atom. The van der Waals surface area contributed by atoms with E-state index in [9.17, 15) is 0 Å². The first-order valence-electron chi connectivity index (χ1n) is 4.03. The van der Waals surface area contributed by atoms with Gasteiger partial charge in [0.05, 0.1) is 0 Å². The minimum Gasteiger partial charge on any atom is -0.306 e. The molecule has 0 bridgehead atoms. The van der Waals surface area contributed by atoms with E-state index in [-0.39, 0.29) is 0 Å². The van der Waals surface area contributed by atoms with Gasteiger partial charge >= 0.3 is 0 Å². The molecule has 2 atom stereocenters. The lowest BCUT2D eigenvalue weighted by molar-refractivity contribution is 0.216. The Bertz CT molecular complexity index is 127. The number of rotatable bonds is 1. The topological polar surface area (TPSA) is 3.24 Å². The molecule has 0 unspecified atom stereocenters. The molecule has 0 saturated heterocycles. The van der Waals surface area contributed by atoms with Crippen molar-refractivity contribution in [1.82, 2.24) is 4.90 Å². The first-order valence-corrected chi connectivity index (χ1v) is 4.03. The van der Waals surface area contributed by atoms with Gasteiger partial charge in [0.25, 0.3) is 0 Å². The number of allylic oxidation sites excluding steroid dienone is 1. The molecule has 1 nitrogen and oxygen atoms in total. The molecule has 0 aromatic rings. The molecule has 10 heavy (non-hydrogen) atoms. The van der Waals surface area contributed by atoms with Crippen LogP contribution in [0.4, 0.5) is 0 Å². The third kappa shape index (κ3) is 1.60. The maximum Gasteiger partial charge on any atom is 0.0152 e. The van der Waals surface area contributed by atoms with Gasteiger partial charge in [-0.1, -0.05) is 19.1 Å². The first kappa shape index (κ1) is 7.80. The van der Waals surface area contributed by atoms with Crippen LogP contribution in [0.25, 0.3) is 0 Å². The quantitative estimate of drug-likeness (QED) is 0.501. The zero-order valence-corrected chi connectivity index (χ0v) is 7.17. The van der Waals surface area contributed by atoms with Crippen LogP contribution in [0.3, 0.4) is 0 Å². The molecule has 1 aliphatic carbocycles. The first-order chi connectivity index (χ1) is 4.72. The number of nitrogens with zero attached hydrogens (tertiary/aromatic N) is 1. The molecule has 0 radical (unpaired) electrons. The third-order valence-electron chi connectivity index (χ3n) is 2.37. The van der Waals surface area contributed by atoms with E-state index < -0.39 is 0 Å². The second kappa shape index (κ2) is 3.20. The van der Waals surface area contributed by atoms with E-state index in [1.165, 1.54) is 12.8 Å². The van der Waals surface area contributed by atoms with Crippen LogP contribution in [-0.2, 0) is 0 Å². The molecule has 1 heteroatoms. The summed E-state index contributed by atoms with van der Waals surface area (Å²) in [6.45, 7) is 2.33. The lowest BCUT2D eigenvalue weighted by atomic mass is 9.90. The van der Waals surface area contributed by atoms with E-state index in [0.29, 0.717) is 0 Å². The van der Waals surface area contributed by atoms with Crippen LogP contribution in [-0.4, -0.2) is 25.0 Å². The zero-order chi connectivity index (χ0) is 7.56. The van der Waals surface area contributed by atoms with Crippen LogP contribution in [0.15, 0.2) is 12.2 Å². The molecule has 0 aromatic heterocycles. The van der Waals surface area contributed by atoms with Gasteiger partial charge < -0.3 is 4.90 Å². The Balaban J connectivity index is 2.51. The predicted molar refractivity (Wildman–Crippen MR) is 45.0 cm³/mol. The van der Waals surface area contributed by atoms with E-state index >= 15 is 0 Å². The largest absolute Gasteiger partial charge is 0.306 e. The maximum atomic E-state index is 2.33. The Kier molecular flexibility index (Phi) is 2.50. The average molecular weight is 139 g/mol. The van der Waals surface area contributed by atoms with E-state index in [4.69, 9.17) is 0 Å². The molecule has 0 aromatic carbocycles. The molecule has 1 rings (SSSR count). The smallest absolute Gasteiger partial charge is 0.0152 e. The zero-order valence-electron chi connectivity index (χ0n) is 7.17. The van der Waals surface area contributed by atoms with Gasteiger partial charge in [-0.05, 0) is 32.9 Å². The number of hydrogen-bond acceptors (Lipinski definition) is 1. The molecule has 0 aliphatic heterocycles. The summed E-state index contributed by atoms with van der Waals surface area (Å²) in [5.74, 6) is 0.833. The molecule has 0 saturated carbocycles. The minimum atomic E-state index is 0.769. The summed E-state index contributed by atoms with van der Waals surface area (Å²) in [6, 6.07) is 0.769. The SMILES string of the molecule is C[C@H]1CC=CC[C@@H]1N(C)C. The highest BCUT2D eigenvalue weighted by molar-refractivity contribution is 4.96. The van der Waals surface area contributed by atoms with Gasteiger partial charge in [-0.25, -0.2) is 0 Å². The lowest BCUT2D eigenvalue weighted by Crippen LogP contribution is -2.34. The second-order valence-electron chi connectivity index (χ2n) is 3.45. The molecule has 58 valence electrons. The molecular formula is C9H17N. The van der Waals surface area contributed by atoms with Crippen molar-refractivity contribution in [3.8, 4) is 0 Å². The summed E-state index contributed by atoms with van der Waals surface area (Å²) in [6.07, 6.45) is 7.08. The van der Waals surface area contributed by atoms with Gasteiger partial charge in [0.1, 0.15) is 0 Å². The van der Waals surface area contributed by atoms with Gasteiger partial charge in [0, 0.05) is 6.04 Å². The molecule has 0 spiro atoms.